The highest BCUT2D eigenvalue weighted by Gasteiger charge is 2.07. The van der Waals surface area contributed by atoms with E-state index in [2.05, 4.69) is 0 Å². The van der Waals surface area contributed by atoms with Crippen molar-refractivity contribution in [3.05, 3.63) is 29.8 Å². The number of carbonyl (C=O) groups excluding carboxylic acids is 1. The zero-order valence-corrected chi connectivity index (χ0v) is 8.91. The Morgan fingerprint density at radius 2 is 1.93 bits per heavy atom. The molecule has 0 aliphatic rings. The van der Waals surface area contributed by atoms with Crippen molar-refractivity contribution in [2.24, 2.45) is 5.92 Å². The summed E-state index contributed by atoms with van der Waals surface area (Å²) < 4.78 is 5.05. The summed E-state index contributed by atoms with van der Waals surface area (Å²) in [7, 11) is 1.65. The predicted octanol–water partition coefficient (Wildman–Crippen LogP) is 2.46. The molecule has 0 heterocycles. The molecule has 0 aliphatic heterocycles. The minimum Gasteiger partial charge on any atom is -0.497 e. The zero-order chi connectivity index (χ0) is 10.6. The fourth-order valence-electron chi connectivity index (χ4n) is 1.26. The normalized spacial score (nSPS) is 12.2. The number of rotatable bonds is 4. The Balaban J connectivity index is 2.64. The number of carbonyl (C=O) groups is 1. The van der Waals surface area contributed by atoms with Crippen LogP contribution in [0.5, 0.6) is 5.75 Å². The number of benzene rings is 1. The van der Waals surface area contributed by atoms with Crippen LogP contribution < -0.4 is 4.74 Å². The van der Waals surface area contributed by atoms with E-state index in [0.29, 0.717) is 0 Å². The van der Waals surface area contributed by atoms with E-state index in [1.807, 2.05) is 31.2 Å². The average Bonchev–Trinajstić information content (AvgIpc) is 2.19. The van der Waals surface area contributed by atoms with Crippen molar-refractivity contribution in [2.45, 2.75) is 20.3 Å². The van der Waals surface area contributed by atoms with Gasteiger partial charge in [0.2, 0.25) is 0 Å². The second-order valence-corrected chi connectivity index (χ2v) is 3.56. The Morgan fingerprint density at radius 1 is 1.36 bits per heavy atom. The summed E-state index contributed by atoms with van der Waals surface area (Å²) in [6, 6.07) is 7.83. The summed E-state index contributed by atoms with van der Waals surface area (Å²) in [5, 5.41) is 0. The fourth-order valence-corrected chi connectivity index (χ4v) is 1.26. The number of ketones is 1. The highest BCUT2D eigenvalue weighted by atomic mass is 16.5. The van der Waals surface area contributed by atoms with Gasteiger partial charge in [-0.05, 0) is 31.0 Å². The molecular weight excluding hydrogens is 176 g/mol. The van der Waals surface area contributed by atoms with E-state index < -0.39 is 0 Å². The summed E-state index contributed by atoms with van der Waals surface area (Å²) in [6.07, 6.45) is 0.805. The van der Waals surface area contributed by atoms with Crippen LogP contribution in [-0.4, -0.2) is 12.9 Å². The maximum absolute atomic E-state index is 11.0. The molecule has 0 fully saturated rings. The van der Waals surface area contributed by atoms with Crippen LogP contribution in [0.2, 0.25) is 0 Å². The minimum atomic E-state index is 0.100. The summed E-state index contributed by atoms with van der Waals surface area (Å²) in [4.78, 5) is 11.0. The molecule has 76 valence electrons. The van der Waals surface area contributed by atoms with Crippen LogP contribution >= 0.6 is 0 Å². The maximum atomic E-state index is 11.0. The molecule has 1 rings (SSSR count). The van der Waals surface area contributed by atoms with E-state index in [-0.39, 0.29) is 11.7 Å². The molecule has 0 saturated carbocycles. The van der Waals surface area contributed by atoms with Crippen LogP contribution in [0, 0.1) is 5.92 Å². The van der Waals surface area contributed by atoms with Crippen LogP contribution in [-0.2, 0) is 11.2 Å². The van der Waals surface area contributed by atoms with Gasteiger partial charge < -0.3 is 4.74 Å². The SMILES string of the molecule is COc1ccc(C[C@@H](C)C(C)=O)cc1. The van der Waals surface area contributed by atoms with Gasteiger partial charge >= 0.3 is 0 Å². The second-order valence-electron chi connectivity index (χ2n) is 3.56. The summed E-state index contributed by atoms with van der Waals surface area (Å²) in [6.45, 7) is 3.58. The molecule has 0 bridgehead atoms. The monoisotopic (exact) mass is 192 g/mol. The smallest absolute Gasteiger partial charge is 0.132 e. The Morgan fingerprint density at radius 3 is 2.36 bits per heavy atom. The predicted molar refractivity (Wildman–Crippen MR) is 56.5 cm³/mol. The van der Waals surface area contributed by atoms with Crippen molar-refractivity contribution in [1.29, 1.82) is 0 Å². The first kappa shape index (κ1) is 10.8. The van der Waals surface area contributed by atoms with E-state index in [0.717, 1.165) is 12.2 Å². The van der Waals surface area contributed by atoms with Crippen LogP contribution in [0.15, 0.2) is 24.3 Å². The van der Waals surface area contributed by atoms with Crippen molar-refractivity contribution in [3.63, 3.8) is 0 Å². The molecule has 2 heteroatoms. The minimum absolute atomic E-state index is 0.100. The molecule has 0 aromatic heterocycles. The van der Waals surface area contributed by atoms with Gasteiger partial charge in [-0.1, -0.05) is 19.1 Å². The van der Waals surface area contributed by atoms with Crippen LogP contribution in [0.3, 0.4) is 0 Å². The molecule has 0 saturated heterocycles. The first-order valence-electron chi connectivity index (χ1n) is 4.77. The highest BCUT2D eigenvalue weighted by molar-refractivity contribution is 5.78. The number of Topliss-reactive ketones (excluding diaryl/α,β-unsaturated/α-hetero) is 1. The molecule has 0 N–H and O–H groups in total. The Hall–Kier alpha value is -1.31. The molecule has 1 atom stereocenters. The summed E-state index contributed by atoms with van der Waals surface area (Å²) >= 11 is 0. The van der Waals surface area contributed by atoms with Gasteiger partial charge in [-0.25, -0.2) is 0 Å². The Kier molecular flexibility index (Phi) is 3.69. The van der Waals surface area contributed by atoms with Crippen molar-refractivity contribution in [2.75, 3.05) is 7.11 Å². The van der Waals surface area contributed by atoms with E-state index >= 15 is 0 Å². The van der Waals surface area contributed by atoms with Crippen LogP contribution in [0.25, 0.3) is 0 Å². The van der Waals surface area contributed by atoms with Gasteiger partial charge in [0.1, 0.15) is 11.5 Å². The number of hydrogen-bond donors (Lipinski definition) is 0. The lowest BCUT2D eigenvalue weighted by Crippen LogP contribution is -2.09. The van der Waals surface area contributed by atoms with Crippen molar-refractivity contribution >= 4 is 5.78 Å². The van der Waals surface area contributed by atoms with Gasteiger partial charge in [0, 0.05) is 5.92 Å². The van der Waals surface area contributed by atoms with E-state index in [1.165, 1.54) is 5.56 Å². The molecule has 1 aromatic rings. The van der Waals surface area contributed by atoms with Gasteiger partial charge in [0.25, 0.3) is 0 Å². The number of hydrogen-bond acceptors (Lipinski definition) is 2. The molecule has 0 spiro atoms. The first-order chi connectivity index (χ1) is 6.63. The van der Waals surface area contributed by atoms with E-state index in [9.17, 15) is 4.79 Å². The third-order valence-corrected chi connectivity index (χ3v) is 2.39. The lowest BCUT2D eigenvalue weighted by Gasteiger charge is -2.07. The zero-order valence-electron chi connectivity index (χ0n) is 8.91. The fraction of sp³-hybridized carbons (Fsp3) is 0.417. The van der Waals surface area contributed by atoms with Gasteiger partial charge in [-0.3, -0.25) is 4.79 Å². The number of ether oxygens (including phenoxy) is 1. The van der Waals surface area contributed by atoms with Crippen molar-refractivity contribution < 1.29 is 9.53 Å². The molecule has 1 aromatic carbocycles. The lowest BCUT2D eigenvalue weighted by molar-refractivity contribution is -0.120. The lowest BCUT2D eigenvalue weighted by atomic mass is 9.98. The molecule has 0 aliphatic carbocycles. The third-order valence-electron chi connectivity index (χ3n) is 2.39. The van der Waals surface area contributed by atoms with Crippen LogP contribution in [0.4, 0.5) is 0 Å². The molecule has 0 radical (unpaired) electrons. The topological polar surface area (TPSA) is 26.3 Å². The number of methoxy groups -OCH3 is 1. The Labute approximate surface area is 84.9 Å². The molecule has 2 nitrogen and oxygen atoms in total. The van der Waals surface area contributed by atoms with Crippen molar-refractivity contribution in [1.82, 2.24) is 0 Å². The van der Waals surface area contributed by atoms with Crippen LogP contribution in [0.1, 0.15) is 19.4 Å². The molecular formula is C12H16O2. The Bertz CT molecular complexity index is 301. The third kappa shape index (κ3) is 2.87. The maximum Gasteiger partial charge on any atom is 0.132 e. The van der Waals surface area contributed by atoms with Gasteiger partial charge in [-0.15, -0.1) is 0 Å². The van der Waals surface area contributed by atoms with Gasteiger partial charge in [0.05, 0.1) is 7.11 Å². The highest BCUT2D eigenvalue weighted by Crippen LogP contribution is 2.14. The van der Waals surface area contributed by atoms with Crippen molar-refractivity contribution in [3.8, 4) is 5.75 Å². The molecule has 14 heavy (non-hydrogen) atoms. The summed E-state index contributed by atoms with van der Waals surface area (Å²) in [5.41, 5.74) is 1.17. The standard InChI is InChI=1S/C12H16O2/c1-9(10(2)13)8-11-4-6-12(14-3)7-5-11/h4-7,9H,8H2,1-3H3/t9-/m1/s1. The van der Waals surface area contributed by atoms with E-state index in [1.54, 1.807) is 14.0 Å². The van der Waals surface area contributed by atoms with Gasteiger partial charge in [0.15, 0.2) is 0 Å². The molecule has 0 amide bonds. The largest absolute Gasteiger partial charge is 0.497 e. The molecule has 0 unspecified atom stereocenters. The van der Waals surface area contributed by atoms with E-state index in [4.69, 9.17) is 4.74 Å². The average molecular weight is 192 g/mol. The van der Waals surface area contributed by atoms with Gasteiger partial charge in [-0.2, -0.15) is 0 Å². The summed E-state index contributed by atoms with van der Waals surface area (Å²) in [5.74, 6) is 1.19. The first-order valence-corrected chi connectivity index (χ1v) is 4.77. The quantitative estimate of drug-likeness (QED) is 0.732. The second kappa shape index (κ2) is 4.80.